The van der Waals surface area contributed by atoms with Crippen LogP contribution in [0.1, 0.15) is 31.9 Å². The van der Waals surface area contributed by atoms with E-state index in [1.54, 1.807) is 12.3 Å². The molecule has 3 heteroatoms. The van der Waals surface area contributed by atoms with E-state index < -0.39 is 0 Å². The first-order valence-corrected chi connectivity index (χ1v) is 9.16. The summed E-state index contributed by atoms with van der Waals surface area (Å²) >= 11 is 0. The van der Waals surface area contributed by atoms with Gasteiger partial charge in [-0.25, -0.2) is 4.39 Å². The molecule has 0 saturated carbocycles. The molecule has 27 heavy (non-hydrogen) atoms. The highest BCUT2D eigenvalue weighted by Gasteiger charge is 2.29. The van der Waals surface area contributed by atoms with E-state index in [1.165, 1.54) is 0 Å². The lowest BCUT2D eigenvalue weighted by molar-refractivity contribution is 0.589. The number of fused-ring (bicyclic) bond motifs is 2. The van der Waals surface area contributed by atoms with Gasteiger partial charge in [-0.2, -0.15) is 0 Å². The van der Waals surface area contributed by atoms with Gasteiger partial charge in [-0.15, -0.1) is 0 Å². The Morgan fingerprint density at radius 1 is 1.04 bits per heavy atom. The van der Waals surface area contributed by atoms with Crippen LogP contribution >= 0.6 is 0 Å². The molecule has 1 aliphatic rings. The van der Waals surface area contributed by atoms with Crippen LogP contribution in [0, 0.1) is 5.82 Å². The van der Waals surface area contributed by atoms with Crippen LogP contribution in [-0.4, -0.2) is 18.8 Å². The fourth-order valence-electron chi connectivity index (χ4n) is 3.75. The second kappa shape index (κ2) is 6.34. The van der Waals surface area contributed by atoms with Crippen molar-refractivity contribution < 1.29 is 4.39 Å². The van der Waals surface area contributed by atoms with E-state index in [4.69, 9.17) is 0 Å². The fraction of sp³-hybridized carbons (Fsp3) is 0.208. The molecule has 4 rings (SSSR count). The van der Waals surface area contributed by atoms with Crippen molar-refractivity contribution in [1.82, 2.24) is 0 Å². The minimum absolute atomic E-state index is 0.137. The molecule has 0 fully saturated rings. The number of benzene rings is 3. The molecule has 0 unspecified atom stereocenters. The Morgan fingerprint density at radius 3 is 2.59 bits per heavy atom. The Labute approximate surface area is 159 Å². The summed E-state index contributed by atoms with van der Waals surface area (Å²) in [6.07, 6.45) is 3.85. The van der Waals surface area contributed by atoms with Gasteiger partial charge in [0.15, 0.2) is 0 Å². The van der Waals surface area contributed by atoms with E-state index in [1.807, 2.05) is 43.4 Å². The maximum Gasteiger partial charge on any atom is 0.134 e. The van der Waals surface area contributed by atoms with Gasteiger partial charge < -0.3 is 4.90 Å². The molecule has 0 aliphatic carbocycles. The molecule has 136 valence electrons. The van der Waals surface area contributed by atoms with Crippen molar-refractivity contribution in [2.75, 3.05) is 11.9 Å². The maximum absolute atomic E-state index is 14.8. The molecule has 1 aliphatic heterocycles. The highest BCUT2D eigenvalue weighted by Crippen LogP contribution is 2.39. The molecule has 0 spiro atoms. The van der Waals surface area contributed by atoms with Gasteiger partial charge in [0, 0.05) is 35.5 Å². The summed E-state index contributed by atoms with van der Waals surface area (Å²) in [4.78, 5) is 6.70. The highest BCUT2D eigenvalue weighted by molar-refractivity contribution is 5.96. The number of anilines is 1. The lowest BCUT2D eigenvalue weighted by Gasteiger charge is -2.40. The molecule has 3 aromatic carbocycles. The van der Waals surface area contributed by atoms with Crippen molar-refractivity contribution >= 4 is 33.9 Å². The average molecular weight is 358 g/mol. The fourth-order valence-corrected chi connectivity index (χ4v) is 3.75. The van der Waals surface area contributed by atoms with Crippen LogP contribution in [0.2, 0.25) is 0 Å². The number of aliphatic imine (C=N–C) groups is 1. The van der Waals surface area contributed by atoms with Crippen LogP contribution in [0.5, 0.6) is 0 Å². The van der Waals surface area contributed by atoms with Gasteiger partial charge in [0.05, 0.1) is 11.2 Å². The number of nitrogens with zero attached hydrogens (tertiary/aromatic N) is 2. The number of likely N-dealkylation sites (N-methyl/N-ethyl adjacent to an activating group) is 1. The van der Waals surface area contributed by atoms with Crippen molar-refractivity contribution in [2.24, 2.45) is 4.99 Å². The standard InChI is InChI=1S/C24H23FN2/c1-16-14-24(2,3)27(4)23-13-21(25)18(12-20(16)23)15-26-22-11-7-9-17-8-5-6-10-19(17)22/h5-15H,1-4H3. The molecule has 2 nitrogen and oxygen atoms in total. The summed E-state index contributed by atoms with van der Waals surface area (Å²) < 4.78 is 14.8. The zero-order valence-electron chi connectivity index (χ0n) is 16.1. The predicted octanol–water partition coefficient (Wildman–Crippen LogP) is 6.36. The largest absolute Gasteiger partial charge is 0.365 e. The molecular formula is C24H23FN2. The van der Waals surface area contributed by atoms with E-state index >= 15 is 0 Å². The van der Waals surface area contributed by atoms with Gasteiger partial charge in [0.2, 0.25) is 0 Å². The summed E-state index contributed by atoms with van der Waals surface area (Å²) in [6.45, 7) is 6.34. The second-order valence-corrected chi connectivity index (χ2v) is 7.69. The molecule has 0 N–H and O–H groups in total. The first-order valence-electron chi connectivity index (χ1n) is 9.16. The Kier molecular flexibility index (Phi) is 4.11. The van der Waals surface area contributed by atoms with Crippen molar-refractivity contribution in [2.45, 2.75) is 26.3 Å². The highest BCUT2D eigenvalue weighted by atomic mass is 19.1. The minimum atomic E-state index is -0.255. The Morgan fingerprint density at radius 2 is 1.78 bits per heavy atom. The van der Waals surface area contributed by atoms with Crippen LogP contribution in [0.15, 0.2) is 65.7 Å². The summed E-state index contributed by atoms with van der Waals surface area (Å²) in [6, 6.07) is 17.6. The third-order valence-corrected chi connectivity index (χ3v) is 5.44. The van der Waals surface area contributed by atoms with Crippen molar-refractivity contribution in [3.8, 4) is 0 Å². The van der Waals surface area contributed by atoms with E-state index in [9.17, 15) is 4.39 Å². The lowest BCUT2D eigenvalue weighted by Crippen LogP contribution is -2.42. The second-order valence-electron chi connectivity index (χ2n) is 7.69. The lowest BCUT2D eigenvalue weighted by atomic mass is 9.88. The third-order valence-electron chi connectivity index (χ3n) is 5.44. The predicted molar refractivity (Wildman–Crippen MR) is 114 cm³/mol. The van der Waals surface area contributed by atoms with E-state index in [-0.39, 0.29) is 11.4 Å². The van der Waals surface area contributed by atoms with E-state index in [0.717, 1.165) is 33.3 Å². The van der Waals surface area contributed by atoms with Crippen molar-refractivity contribution in [3.63, 3.8) is 0 Å². The Balaban J connectivity index is 1.78. The molecule has 0 bridgehead atoms. The van der Waals surface area contributed by atoms with Crippen molar-refractivity contribution in [1.29, 1.82) is 0 Å². The summed E-state index contributed by atoms with van der Waals surface area (Å²) in [5, 5.41) is 2.19. The van der Waals surface area contributed by atoms with Crippen LogP contribution in [0.25, 0.3) is 16.3 Å². The number of hydrogen-bond donors (Lipinski definition) is 0. The van der Waals surface area contributed by atoms with Gasteiger partial charge in [0.25, 0.3) is 0 Å². The van der Waals surface area contributed by atoms with Gasteiger partial charge in [0.1, 0.15) is 5.82 Å². The maximum atomic E-state index is 14.8. The molecule has 1 heterocycles. The quantitative estimate of drug-likeness (QED) is 0.487. The summed E-state index contributed by atoms with van der Waals surface area (Å²) in [7, 11) is 2.01. The molecule has 0 atom stereocenters. The first kappa shape index (κ1) is 17.5. The first-order chi connectivity index (χ1) is 12.9. The molecule has 3 aromatic rings. The van der Waals surface area contributed by atoms with Crippen molar-refractivity contribution in [3.05, 3.63) is 77.6 Å². The summed E-state index contributed by atoms with van der Waals surface area (Å²) in [5.41, 5.74) is 4.34. The number of allylic oxidation sites excluding steroid dienone is 1. The van der Waals surface area contributed by atoms with E-state index in [0.29, 0.717) is 5.56 Å². The van der Waals surface area contributed by atoms with Gasteiger partial charge in [-0.1, -0.05) is 42.5 Å². The van der Waals surface area contributed by atoms with Gasteiger partial charge in [-0.3, -0.25) is 4.99 Å². The smallest absolute Gasteiger partial charge is 0.134 e. The molecule has 0 aromatic heterocycles. The van der Waals surface area contributed by atoms with Crippen LogP contribution < -0.4 is 4.90 Å². The SMILES string of the molecule is CC1=CC(C)(C)N(C)c2cc(F)c(C=Nc3cccc4ccccc34)cc21. The Bertz CT molecular complexity index is 1090. The molecule has 0 amide bonds. The molecule has 0 saturated heterocycles. The average Bonchev–Trinajstić information content (AvgIpc) is 2.64. The Hall–Kier alpha value is -2.94. The number of hydrogen-bond acceptors (Lipinski definition) is 2. The monoisotopic (exact) mass is 358 g/mol. The topological polar surface area (TPSA) is 15.6 Å². The number of halogens is 1. The minimum Gasteiger partial charge on any atom is -0.365 e. The number of rotatable bonds is 2. The zero-order chi connectivity index (χ0) is 19.2. The zero-order valence-corrected chi connectivity index (χ0v) is 16.1. The normalized spacial score (nSPS) is 15.9. The van der Waals surface area contributed by atoms with Crippen LogP contribution in [-0.2, 0) is 0 Å². The van der Waals surface area contributed by atoms with Gasteiger partial charge in [-0.05, 0) is 49.9 Å². The van der Waals surface area contributed by atoms with E-state index in [2.05, 4.69) is 48.9 Å². The van der Waals surface area contributed by atoms with Gasteiger partial charge >= 0.3 is 0 Å². The summed E-state index contributed by atoms with van der Waals surface area (Å²) in [5.74, 6) is -0.255. The third kappa shape index (κ3) is 3.03. The molecular weight excluding hydrogens is 335 g/mol. The molecule has 0 radical (unpaired) electrons. The van der Waals surface area contributed by atoms with Crippen LogP contribution in [0.4, 0.5) is 15.8 Å². The van der Waals surface area contributed by atoms with Crippen LogP contribution in [0.3, 0.4) is 0 Å².